The number of nitrogens with zero attached hydrogens (tertiary/aromatic N) is 3. The molecule has 1 amide bonds. The van der Waals surface area contributed by atoms with Crippen molar-refractivity contribution in [2.45, 2.75) is 39.0 Å². The van der Waals surface area contributed by atoms with E-state index in [1.165, 1.54) is 0 Å². The van der Waals surface area contributed by atoms with Gasteiger partial charge in [0.15, 0.2) is 0 Å². The van der Waals surface area contributed by atoms with E-state index in [9.17, 15) is 9.59 Å². The van der Waals surface area contributed by atoms with Crippen molar-refractivity contribution < 1.29 is 9.59 Å². The lowest BCUT2D eigenvalue weighted by Gasteiger charge is -2.37. The quantitative estimate of drug-likeness (QED) is 0.614. The standard InChI is InChI=1S/C14H21N3O2S/c1-8-12(10(3)16(5)15-8)13(18)14(19)17-6-7-20-11(4)9(17)2/h9,11H,6-7H2,1-5H3/t9-,11+/m1/s1. The van der Waals surface area contributed by atoms with Crippen LogP contribution in [0.2, 0.25) is 0 Å². The van der Waals surface area contributed by atoms with Crippen molar-refractivity contribution in [1.29, 1.82) is 0 Å². The van der Waals surface area contributed by atoms with Gasteiger partial charge in [-0.2, -0.15) is 16.9 Å². The molecule has 2 rings (SSSR count). The zero-order chi connectivity index (χ0) is 15.0. The average molecular weight is 295 g/mol. The molecule has 110 valence electrons. The van der Waals surface area contributed by atoms with Gasteiger partial charge in [-0.15, -0.1) is 0 Å². The van der Waals surface area contributed by atoms with Gasteiger partial charge in [0.1, 0.15) is 0 Å². The van der Waals surface area contributed by atoms with Gasteiger partial charge in [-0.25, -0.2) is 0 Å². The minimum Gasteiger partial charge on any atom is -0.331 e. The highest BCUT2D eigenvalue weighted by molar-refractivity contribution is 8.00. The summed E-state index contributed by atoms with van der Waals surface area (Å²) in [5.74, 6) is 0.0538. The molecule has 0 aliphatic carbocycles. The van der Waals surface area contributed by atoms with Crippen LogP contribution in [0.3, 0.4) is 0 Å². The van der Waals surface area contributed by atoms with Gasteiger partial charge in [-0.05, 0) is 20.8 Å². The van der Waals surface area contributed by atoms with E-state index in [-0.39, 0.29) is 6.04 Å². The Hall–Kier alpha value is -1.30. The van der Waals surface area contributed by atoms with Crippen molar-refractivity contribution in [1.82, 2.24) is 14.7 Å². The van der Waals surface area contributed by atoms with Gasteiger partial charge in [0, 0.05) is 36.3 Å². The van der Waals surface area contributed by atoms with Crippen molar-refractivity contribution in [2.24, 2.45) is 7.05 Å². The second kappa shape index (κ2) is 5.60. The summed E-state index contributed by atoms with van der Waals surface area (Å²) in [6.07, 6.45) is 0. The Balaban J connectivity index is 2.27. The molecular weight excluding hydrogens is 274 g/mol. The monoisotopic (exact) mass is 295 g/mol. The fourth-order valence-electron chi connectivity index (χ4n) is 2.56. The normalized spacial score (nSPS) is 22.9. The molecule has 1 aromatic heterocycles. The molecule has 1 saturated heterocycles. The van der Waals surface area contributed by atoms with Crippen molar-refractivity contribution >= 4 is 23.5 Å². The summed E-state index contributed by atoms with van der Waals surface area (Å²) < 4.78 is 1.65. The highest BCUT2D eigenvalue weighted by Gasteiger charge is 2.34. The summed E-state index contributed by atoms with van der Waals surface area (Å²) in [5, 5.41) is 4.57. The van der Waals surface area contributed by atoms with E-state index in [2.05, 4.69) is 12.0 Å². The minimum atomic E-state index is -0.431. The Morgan fingerprint density at radius 1 is 1.30 bits per heavy atom. The lowest BCUT2D eigenvalue weighted by Crippen LogP contribution is -2.50. The van der Waals surface area contributed by atoms with E-state index in [1.807, 2.05) is 25.6 Å². The second-order valence-electron chi connectivity index (χ2n) is 5.31. The van der Waals surface area contributed by atoms with Crippen molar-refractivity contribution in [3.8, 4) is 0 Å². The Bertz CT molecular complexity index is 553. The number of aryl methyl sites for hydroxylation is 2. The lowest BCUT2D eigenvalue weighted by molar-refractivity contribution is -0.128. The first-order valence-electron chi connectivity index (χ1n) is 6.81. The molecule has 2 atom stereocenters. The number of ketones is 1. The van der Waals surface area contributed by atoms with Gasteiger partial charge >= 0.3 is 0 Å². The molecule has 0 N–H and O–H groups in total. The van der Waals surface area contributed by atoms with Crippen LogP contribution in [0.1, 0.15) is 35.6 Å². The molecule has 1 aromatic rings. The second-order valence-corrected chi connectivity index (χ2v) is 6.80. The first-order valence-corrected chi connectivity index (χ1v) is 7.86. The van der Waals surface area contributed by atoms with Crippen LogP contribution in [0, 0.1) is 13.8 Å². The predicted octanol–water partition coefficient (Wildman–Crippen LogP) is 1.57. The number of rotatable bonds is 2. The fourth-order valence-corrected chi connectivity index (χ4v) is 3.66. The van der Waals surface area contributed by atoms with Gasteiger partial charge in [0.25, 0.3) is 11.7 Å². The van der Waals surface area contributed by atoms with E-state index < -0.39 is 11.7 Å². The average Bonchev–Trinajstić information content (AvgIpc) is 2.65. The number of hydrogen-bond acceptors (Lipinski definition) is 4. The molecule has 6 heteroatoms. The number of Topliss-reactive ketones (excluding diaryl/α,β-unsaturated/α-hetero) is 1. The van der Waals surface area contributed by atoms with Crippen molar-refractivity contribution in [3.05, 3.63) is 17.0 Å². The van der Waals surface area contributed by atoms with Crippen LogP contribution < -0.4 is 0 Å². The number of aromatic nitrogens is 2. The molecule has 0 saturated carbocycles. The zero-order valence-corrected chi connectivity index (χ0v) is 13.5. The predicted molar refractivity (Wildman–Crippen MR) is 80.1 cm³/mol. The largest absolute Gasteiger partial charge is 0.331 e. The van der Waals surface area contributed by atoms with Crippen LogP contribution in [-0.4, -0.2) is 50.0 Å². The highest BCUT2D eigenvalue weighted by atomic mass is 32.2. The summed E-state index contributed by atoms with van der Waals surface area (Å²) in [7, 11) is 1.78. The van der Waals surface area contributed by atoms with Gasteiger partial charge in [0.2, 0.25) is 0 Å². The number of carbonyl (C=O) groups is 2. The fraction of sp³-hybridized carbons (Fsp3) is 0.643. The maximum atomic E-state index is 12.5. The van der Waals surface area contributed by atoms with Crippen LogP contribution in [0.25, 0.3) is 0 Å². The van der Waals surface area contributed by atoms with Gasteiger partial charge in [0.05, 0.1) is 11.3 Å². The lowest BCUT2D eigenvalue weighted by atomic mass is 10.1. The first-order chi connectivity index (χ1) is 9.34. The Morgan fingerprint density at radius 3 is 2.50 bits per heavy atom. The van der Waals surface area contributed by atoms with Crippen LogP contribution in [0.5, 0.6) is 0 Å². The maximum Gasteiger partial charge on any atom is 0.295 e. The number of amides is 1. The summed E-state index contributed by atoms with van der Waals surface area (Å²) in [4.78, 5) is 26.7. The SMILES string of the molecule is Cc1nn(C)c(C)c1C(=O)C(=O)N1CCS[C@@H](C)[C@H]1C. The molecule has 20 heavy (non-hydrogen) atoms. The van der Waals surface area contributed by atoms with Crippen molar-refractivity contribution in [3.63, 3.8) is 0 Å². The topological polar surface area (TPSA) is 55.2 Å². The summed E-state index contributed by atoms with van der Waals surface area (Å²) in [6, 6.07) is 0.0856. The number of thioether (sulfide) groups is 1. The molecule has 2 heterocycles. The van der Waals surface area contributed by atoms with E-state index in [4.69, 9.17) is 0 Å². The summed E-state index contributed by atoms with van der Waals surface area (Å²) >= 11 is 1.84. The molecule has 0 radical (unpaired) electrons. The molecule has 0 unspecified atom stereocenters. The summed E-state index contributed by atoms with van der Waals surface area (Å²) in [5.41, 5.74) is 1.82. The third-order valence-electron chi connectivity index (χ3n) is 4.08. The summed E-state index contributed by atoms with van der Waals surface area (Å²) in [6.45, 7) is 8.33. The number of hydrogen-bond donors (Lipinski definition) is 0. The maximum absolute atomic E-state index is 12.5. The molecule has 0 bridgehead atoms. The van der Waals surface area contributed by atoms with E-state index in [0.717, 1.165) is 11.4 Å². The van der Waals surface area contributed by atoms with Gasteiger partial charge in [-0.1, -0.05) is 6.92 Å². The Morgan fingerprint density at radius 2 is 1.95 bits per heavy atom. The molecule has 0 spiro atoms. The highest BCUT2D eigenvalue weighted by Crippen LogP contribution is 2.25. The smallest absolute Gasteiger partial charge is 0.295 e. The van der Waals surface area contributed by atoms with Crippen molar-refractivity contribution in [2.75, 3.05) is 12.3 Å². The van der Waals surface area contributed by atoms with Crippen LogP contribution in [0.4, 0.5) is 0 Å². The molecular formula is C14H21N3O2S. The molecule has 5 nitrogen and oxygen atoms in total. The first kappa shape index (κ1) is 15.1. The molecule has 1 aliphatic rings. The van der Waals surface area contributed by atoms with Gasteiger partial charge in [-0.3, -0.25) is 14.3 Å². The Kier molecular flexibility index (Phi) is 4.22. The van der Waals surface area contributed by atoms with E-state index in [0.29, 0.717) is 23.1 Å². The third-order valence-corrected chi connectivity index (χ3v) is 5.41. The Labute approximate surface area is 123 Å². The van der Waals surface area contributed by atoms with Crippen LogP contribution >= 0.6 is 11.8 Å². The zero-order valence-electron chi connectivity index (χ0n) is 12.6. The van der Waals surface area contributed by atoms with Crippen LogP contribution in [0.15, 0.2) is 0 Å². The van der Waals surface area contributed by atoms with E-state index in [1.54, 1.807) is 23.6 Å². The van der Waals surface area contributed by atoms with Crippen LogP contribution in [-0.2, 0) is 11.8 Å². The molecule has 0 aromatic carbocycles. The van der Waals surface area contributed by atoms with E-state index >= 15 is 0 Å². The third kappa shape index (κ3) is 2.49. The number of carbonyl (C=O) groups excluding carboxylic acids is 2. The molecule has 1 aliphatic heterocycles. The minimum absolute atomic E-state index is 0.0856. The van der Waals surface area contributed by atoms with Gasteiger partial charge < -0.3 is 4.90 Å². The molecule has 1 fully saturated rings.